The first kappa shape index (κ1) is 29.9. The number of rotatable bonds is 9. The number of carboxylic acids is 1. The molecule has 220 valence electrons. The summed E-state index contributed by atoms with van der Waals surface area (Å²) in [5, 5.41) is 10.5. The average Bonchev–Trinajstić information content (AvgIpc) is 2.97. The summed E-state index contributed by atoms with van der Waals surface area (Å²) in [4.78, 5) is 46.4. The van der Waals surface area contributed by atoms with Crippen molar-refractivity contribution in [1.29, 1.82) is 0 Å². The third-order valence-corrected chi connectivity index (χ3v) is 8.44. The normalized spacial score (nSPS) is 17.9. The van der Waals surface area contributed by atoms with E-state index in [1.807, 2.05) is 47.4 Å². The van der Waals surface area contributed by atoms with E-state index in [0.717, 1.165) is 30.8 Å². The van der Waals surface area contributed by atoms with Crippen LogP contribution in [0.1, 0.15) is 33.5 Å². The molecule has 2 saturated heterocycles. The topological polar surface area (TPSA) is 84.4 Å². The first-order chi connectivity index (χ1) is 20.3. The molecule has 1 N–H and O–H groups in total. The van der Waals surface area contributed by atoms with E-state index in [0.29, 0.717) is 35.2 Å². The molecule has 3 amide bonds. The number of hydrogen-bond acceptors (Lipinski definition) is 4. The molecule has 0 saturated carbocycles. The summed E-state index contributed by atoms with van der Waals surface area (Å²) in [5.74, 6) is -1.24. The van der Waals surface area contributed by atoms with Crippen LogP contribution in [0.3, 0.4) is 0 Å². The second-order valence-corrected chi connectivity index (χ2v) is 11.8. The summed E-state index contributed by atoms with van der Waals surface area (Å²) in [6.45, 7) is 4.69. The highest BCUT2D eigenvalue weighted by molar-refractivity contribution is 6.35. The Morgan fingerprint density at radius 1 is 0.786 bits per heavy atom. The van der Waals surface area contributed by atoms with E-state index in [1.54, 1.807) is 28.0 Å². The molecule has 0 aromatic heterocycles. The van der Waals surface area contributed by atoms with E-state index in [-0.39, 0.29) is 43.9 Å². The van der Waals surface area contributed by atoms with Crippen molar-refractivity contribution in [2.45, 2.75) is 26.1 Å². The van der Waals surface area contributed by atoms with Crippen LogP contribution in [0, 0.1) is 5.92 Å². The molecule has 10 heteroatoms. The summed E-state index contributed by atoms with van der Waals surface area (Å²) >= 11 is 12.4. The Balaban J connectivity index is 1.28. The fraction of sp³-hybridized carbons (Fsp3) is 0.344. The molecule has 0 bridgehead atoms. The van der Waals surface area contributed by atoms with Gasteiger partial charge >= 0.3 is 12.0 Å². The fourth-order valence-electron chi connectivity index (χ4n) is 5.73. The molecule has 3 aromatic rings. The van der Waals surface area contributed by atoms with Crippen molar-refractivity contribution in [3.05, 3.63) is 105 Å². The number of urea groups is 1. The molecule has 0 spiro atoms. The molecule has 8 nitrogen and oxygen atoms in total. The third kappa shape index (κ3) is 7.43. The minimum atomic E-state index is -0.916. The van der Waals surface area contributed by atoms with Gasteiger partial charge in [0.15, 0.2) is 0 Å². The van der Waals surface area contributed by atoms with Crippen LogP contribution >= 0.6 is 23.2 Å². The van der Waals surface area contributed by atoms with Gasteiger partial charge in [-0.1, -0.05) is 77.8 Å². The van der Waals surface area contributed by atoms with E-state index in [2.05, 4.69) is 17.0 Å². The lowest BCUT2D eigenvalue weighted by atomic mass is 9.99. The van der Waals surface area contributed by atoms with Gasteiger partial charge in [-0.25, -0.2) is 4.79 Å². The molecule has 2 heterocycles. The van der Waals surface area contributed by atoms with Gasteiger partial charge in [0.05, 0.1) is 6.42 Å². The Morgan fingerprint density at radius 2 is 1.43 bits per heavy atom. The zero-order valence-electron chi connectivity index (χ0n) is 23.3. The van der Waals surface area contributed by atoms with Crippen molar-refractivity contribution in [3.8, 4) is 0 Å². The molecular weight excluding hydrogens is 575 g/mol. The van der Waals surface area contributed by atoms with Crippen molar-refractivity contribution in [2.24, 2.45) is 5.92 Å². The Kier molecular flexibility index (Phi) is 9.67. The number of benzene rings is 3. The maximum atomic E-state index is 13.7. The highest BCUT2D eigenvalue weighted by Crippen LogP contribution is 2.27. The van der Waals surface area contributed by atoms with Gasteiger partial charge in [-0.2, -0.15) is 0 Å². The van der Waals surface area contributed by atoms with Gasteiger partial charge in [-0.15, -0.1) is 0 Å². The molecule has 0 radical (unpaired) electrons. The zero-order valence-corrected chi connectivity index (χ0v) is 24.8. The summed E-state index contributed by atoms with van der Waals surface area (Å²) in [6.07, 6.45) is -0.0670. The van der Waals surface area contributed by atoms with Crippen molar-refractivity contribution in [3.63, 3.8) is 0 Å². The van der Waals surface area contributed by atoms with Gasteiger partial charge in [-0.3, -0.25) is 14.5 Å². The highest BCUT2D eigenvalue weighted by Gasteiger charge is 2.34. The van der Waals surface area contributed by atoms with Crippen LogP contribution in [0.15, 0.2) is 72.8 Å². The Labute approximate surface area is 256 Å². The molecule has 42 heavy (non-hydrogen) atoms. The minimum Gasteiger partial charge on any atom is -0.481 e. The molecule has 5 rings (SSSR count). The first-order valence-corrected chi connectivity index (χ1v) is 14.9. The Bertz CT molecular complexity index is 1430. The van der Waals surface area contributed by atoms with E-state index >= 15 is 0 Å². The summed E-state index contributed by atoms with van der Waals surface area (Å²) < 4.78 is 0. The molecule has 1 atom stereocenters. The van der Waals surface area contributed by atoms with Gasteiger partial charge in [0.25, 0.3) is 5.91 Å². The zero-order chi connectivity index (χ0) is 29.6. The lowest BCUT2D eigenvalue weighted by Gasteiger charge is -2.40. The monoisotopic (exact) mass is 608 g/mol. The molecule has 1 unspecified atom stereocenters. The lowest BCUT2D eigenvalue weighted by molar-refractivity contribution is -0.138. The Morgan fingerprint density at radius 3 is 2.10 bits per heavy atom. The van der Waals surface area contributed by atoms with E-state index in [1.165, 1.54) is 5.56 Å². The number of amides is 3. The van der Waals surface area contributed by atoms with Crippen LogP contribution in [-0.2, 0) is 24.4 Å². The summed E-state index contributed by atoms with van der Waals surface area (Å²) in [6, 6.07) is 22.6. The molecule has 2 aliphatic heterocycles. The van der Waals surface area contributed by atoms with E-state index in [9.17, 15) is 19.5 Å². The van der Waals surface area contributed by atoms with Crippen LogP contribution in [0.4, 0.5) is 4.79 Å². The number of halogens is 2. The smallest absolute Gasteiger partial charge is 0.320 e. The molecule has 0 aliphatic carbocycles. The van der Waals surface area contributed by atoms with E-state index < -0.39 is 5.97 Å². The van der Waals surface area contributed by atoms with Gasteiger partial charge in [0, 0.05) is 80.4 Å². The minimum absolute atomic E-state index is 0.0543. The number of carboxylic acid groups (broad SMARTS) is 1. The first-order valence-electron chi connectivity index (χ1n) is 14.1. The summed E-state index contributed by atoms with van der Waals surface area (Å²) in [5.41, 5.74) is 3.28. The Hall–Kier alpha value is -3.59. The number of piperazine rings is 1. The third-order valence-electron chi connectivity index (χ3n) is 7.86. The van der Waals surface area contributed by atoms with Crippen LogP contribution in [0.2, 0.25) is 10.0 Å². The predicted molar refractivity (Wildman–Crippen MR) is 162 cm³/mol. The van der Waals surface area contributed by atoms with Gasteiger partial charge < -0.3 is 19.8 Å². The molecule has 3 aromatic carbocycles. The van der Waals surface area contributed by atoms with Crippen molar-refractivity contribution < 1.29 is 19.5 Å². The number of carbonyl (C=O) groups excluding carboxylic acids is 2. The number of aliphatic carboxylic acids is 1. The maximum absolute atomic E-state index is 13.7. The van der Waals surface area contributed by atoms with Crippen LogP contribution in [0.5, 0.6) is 0 Å². The largest absolute Gasteiger partial charge is 0.481 e. The summed E-state index contributed by atoms with van der Waals surface area (Å²) in [7, 11) is 0. The van der Waals surface area contributed by atoms with Gasteiger partial charge in [-0.05, 0) is 34.9 Å². The fourth-order valence-corrected chi connectivity index (χ4v) is 6.19. The van der Waals surface area contributed by atoms with Crippen molar-refractivity contribution in [2.75, 3.05) is 39.3 Å². The SMILES string of the molecule is O=C(O)CC1CN(Cc2ccc(Cl)cc2Cl)C(=O)N(Cc2ccccc2C(=O)N2CCN(Cc3ccccc3)CC2)C1. The molecule has 2 aliphatic rings. The predicted octanol–water partition coefficient (Wildman–Crippen LogP) is 5.48. The average molecular weight is 610 g/mol. The van der Waals surface area contributed by atoms with Crippen molar-refractivity contribution in [1.82, 2.24) is 19.6 Å². The second kappa shape index (κ2) is 13.6. The number of nitrogens with zero attached hydrogens (tertiary/aromatic N) is 4. The number of hydrogen-bond donors (Lipinski definition) is 1. The molecule has 2 fully saturated rings. The standard InChI is InChI=1S/C32H34Cl2N4O4/c33-27-11-10-26(29(34)17-27)22-38-20-24(16-30(39)40)19-37(32(38)42)21-25-8-4-5-9-28(25)31(41)36-14-12-35(13-15-36)18-23-6-2-1-3-7-23/h1-11,17,24H,12-16,18-22H2,(H,39,40). The van der Waals surface area contributed by atoms with Gasteiger partial charge in [0.1, 0.15) is 0 Å². The second-order valence-electron chi connectivity index (χ2n) is 11.0. The van der Waals surface area contributed by atoms with Gasteiger partial charge in [0.2, 0.25) is 0 Å². The van der Waals surface area contributed by atoms with Crippen LogP contribution in [0.25, 0.3) is 0 Å². The molecular formula is C32H34Cl2N4O4. The van der Waals surface area contributed by atoms with E-state index in [4.69, 9.17) is 23.2 Å². The lowest BCUT2D eigenvalue weighted by Crippen LogP contribution is -2.53. The maximum Gasteiger partial charge on any atom is 0.320 e. The van der Waals surface area contributed by atoms with Crippen LogP contribution in [-0.4, -0.2) is 81.9 Å². The van der Waals surface area contributed by atoms with Crippen molar-refractivity contribution >= 4 is 41.1 Å². The quantitative estimate of drug-likeness (QED) is 0.348. The number of carbonyl (C=O) groups is 3. The highest BCUT2D eigenvalue weighted by atomic mass is 35.5. The van der Waals surface area contributed by atoms with Crippen LogP contribution < -0.4 is 0 Å².